The van der Waals surface area contributed by atoms with Gasteiger partial charge in [0.25, 0.3) is 5.91 Å². The van der Waals surface area contributed by atoms with Gasteiger partial charge in [0.05, 0.1) is 15.6 Å². The monoisotopic (exact) mass is 332 g/mol. The highest BCUT2D eigenvalue weighted by Gasteiger charge is 2.14. The third-order valence-corrected chi connectivity index (χ3v) is 4.24. The van der Waals surface area contributed by atoms with Crippen molar-refractivity contribution in [1.29, 1.82) is 0 Å². The van der Waals surface area contributed by atoms with Gasteiger partial charge in [-0.2, -0.15) is 0 Å². The van der Waals surface area contributed by atoms with Gasteiger partial charge in [-0.1, -0.05) is 29.6 Å². The molecule has 1 fully saturated rings. The quantitative estimate of drug-likeness (QED) is 0.658. The second-order valence-electron chi connectivity index (χ2n) is 5.26. The lowest BCUT2D eigenvalue weighted by Gasteiger charge is -2.26. The average molecular weight is 333 g/mol. The summed E-state index contributed by atoms with van der Waals surface area (Å²) in [6.07, 6.45) is 4.70. The van der Waals surface area contributed by atoms with Crippen LogP contribution in [0.5, 0.6) is 0 Å². The summed E-state index contributed by atoms with van der Waals surface area (Å²) in [5.41, 5.74) is 0.122. The second-order valence-corrected chi connectivity index (χ2v) is 6.07. The highest BCUT2D eigenvalue weighted by molar-refractivity contribution is 6.36. The molecule has 0 atom stereocenters. The molecule has 116 valence electrons. The first-order chi connectivity index (χ1) is 10.1. The lowest BCUT2D eigenvalue weighted by Crippen LogP contribution is -2.33. The SMILES string of the molecule is O=C(NCCCN1CCCCC1)c1cc(F)c(Cl)cc1Cl. The Bertz CT molecular complexity index is 505. The predicted octanol–water partition coefficient (Wildman–Crippen LogP) is 3.74. The van der Waals surface area contributed by atoms with Gasteiger partial charge in [0.15, 0.2) is 0 Å². The van der Waals surface area contributed by atoms with Crippen molar-refractivity contribution >= 4 is 29.1 Å². The van der Waals surface area contributed by atoms with Crippen molar-refractivity contribution in [3.63, 3.8) is 0 Å². The molecule has 0 spiro atoms. The molecule has 1 aromatic carbocycles. The number of amides is 1. The standard InChI is InChI=1S/C15H19Cl2FN2O/c16-12-10-13(17)14(18)9-11(12)15(21)19-5-4-8-20-6-2-1-3-7-20/h9-10H,1-8H2,(H,19,21). The smallest absolute Gasteiger partial charge is 0.252 e. The Balaban J connectivity index is 1.78. The number of halogens is 3. The molecule has 1 aromatic rings. The van der Waals surface area contributed by atoms with Gasteiger partial charge in [0.2, 0.25) is 0 Å². The van der Waals surface area contributed by atoms with Crippen LogP contribution in [0.4, 0.5) is 4.39 Å². The molecule has 0 bridgehead atoms. The van der Waals surface area contributed by atoms with E-state index in [1.807, 2.05) is 0 Å². The van der Waals surface area contributed by atoms with Gasteiger partial charge in [0.1, 0.15) is 5.82 Å². The van der Waals surface area contributed by atoms with E-state index in [-0.39, 0.29) is 21.5 Å². The fourth-order valence-electron chi connectivity index (χ4n) is 2.48. The van der Waals surface area contributed by atoms with Crippen molar-refractivity contribution in [2.24, 2.45) is 0 Å². The van der Waals surface area contributed by atoms with Crippen molar-refractivity contribution in [3.05, 3.63) is 33.6 Å². The van der Waals surface area contributed by atoms with Crippen molar-refractivity contribution in [3.8, 4) is 0 Å². The number of carbonyl (C=O) groups is 1. The topological polar surface area (TPSA) is 32.3 Å². The van der Waals surface area contributed by atoms with Gasteiger partial charge < -0.3 is 10.2 Å². The van der Waals surface area contributed by atoms with E-state index in [1.54, 1.807) is 0 Å². The molecular weight excluding hydrogens is 314 g/mol. The highest BCUT2D eigenvalue weighted by atomic mass is 35.5. The molecule has 0 aliphatic carbocycles. The first-order valence-corrected chi connectivity index (χ1v) is 7.98. The molecule has 1 heterocycles. The maximum Gasteiger partial charge on any atom is 0.252 e. The fourth-order valence-corrected chi connectivity index (χ4v) is 2.95. The molecule has 6 heteroatoms. The molecular formula is C15H19Cl2FN2O. The van der Waals surface area contributed by atoms with Gasteiger partial charge in [-0.25, -0.2) is 4.39 Å². The third-order valence-electron chi connectivity index (χ3n) is 3.64. The largest absolute Gasteiger partial charge is 0.352 e. The summed E-state index contributed by atoms with van der Waals surface area (Å²) >= 11 is 11.5. The van der Waals surface area contributed by atoms with E-state index in [0.717, 1.165) is 32.1 Å². The molecule has 2 rings (SSSR count). The van der Waals surface area contributed by atoms with E-state index in [2.05, 4.69) is 10.2 Å². The van der Waals surface area contributed by atoms with Gasteiger partial charge in [0, 0.05) is 6.54 Å². The Morgan fingerprint density at radius 1 is 1.19 bits per heavy atom. The van der Waals surface area contributed by atoms with Gasteiger partial charge in [-0.3, -0.25) is 4.79 Å². The predicted molar refractivity (Wildman–Crippen MR) is 83.7 cm³/mol. The van der Waals surface area contributed by atoms with Crippen molar-refractivity contribution < 1.29 is 9.18 Å². The van der Waals surface area contributed by atoms with Crippen LogP contribution in [0.2, 0.25) is 10.0 Å². The van der Waals surface area contributed by atoms with E-state index in [4.69, 9.17) is 23.2 Å². The second kappa shape index (κ2) is 7.97. The normalized spacial score (nSPS) is 16.0. The van der Waals surface area contributed by atoms with Crippen LogP contribution in [0.25, 0.3) is 0 Å². The summed E-state index contributed by atoms with van der Waals surface area (Å²) in [7, 11) is 0. The number of hydrogen-bond acceptors (Lipinski definition) is 2. The van der Waals surface area contributed by atoms with Gasteiger partial charge in [-0.15, -0.1) is 0 Å². The molecule has 1 aliphatic heterocycles. The Hall–Kier alpha value is -0.840. The first kappa shape index (κ1) is 16.5. The summed E-state index contributed by atoms with van der Waals surface area (Å²) in [5.74, 6) is -1.01. The van der Waals surface area contributed by atoms with Crippen LogP contribution in [0, 0.1) is 5.82 Å². The lowest BCUT2D eigenvalue weighted by atomic mass is 10.1. The van der Waals surface area contributed by atoms with Crippen LogP contribution in [0.15, 0.2) is 12.1 Å². The van der Waals surface area contributed by atoms with Crippen LogP contribution in [0.3, 0.4) is 0 Å². The first-order valence-electron chi connectivity index (χ1n) is 7.23. The van der Waals surface area contributed by atoms with Crippen LogP contribution >= 0.6 is 23.2 Å². The summed E-state index contributed by atoms with van der Waals surface area (Å²) in [5, 5.41) is 2.85. The molecule has 3 nitrogen and oxygen atoms in total. The van der Waals surface area contributed by atoms with Crippen LogP contribution < -0.4 is 5.32 Å². The zero-order valence-corrected chi connectivity index (χ0v) is 13.3. The maximum absolute atomic E-state index is 13.4. The summed E-state index contributed by atoms with van der Waals surface area (Å²) in [4.78, 5) is 14.4. The molecule has 0 saturated carbocycles. The average Bonchev–Trinajstić information content (AvgIpc) is 2.48. The van der Waals surface area contributed by atoms with E-state index in [1.165, 1.54) is 25.3 Å². The maximum atomic E-state index is 13.4. The highest BCUT2D eigenvalue weighted by Crippen LogP contribution is 2.24. The Morgan fingerprint density at radius 3 is 2.62 bits per heavy atom. The van der Waals surface area contributed by atoms with Gasteiger partial charge in [-0.05, 0) is 51.0 Å². The Labute approximate surface area is 134 Å². The van der Waals surface area contributed by atoms with Crippen molar-refractivity contribution in [1.82, 2.24) is 10.2 Å². The number of piperidine rings is 1. The zero-order valence-electron chi connectivity index (χ0n) is 11.8. The molecule has 1 saturated heterocycles. The number of nitrogens with one attached hydrogen (secondary N) is 1. The van der Waals surface area contributed by atoms with Crippen molar-refractivity contribution in [2.75, 3.05) is 26.2 Å². The van der Waals surface area contributed by atoms with Gasteiger partial charge >= 0.3 is 0 Å². The minimum Gasteiger partial charge on any atom is -0.352 e. The Kier molecular flexibility index (Phi) is 6.27. The molecule has 1 N–H and O–H groups in total. The van der Waals surface area contributed by atoms with Crippen LogP contribution in [0.1, 0.15) is 36.0 Å². The molecule has 0 radical (unpaired) electrons. The lowest BCUT2D eigenvalue weighted by molar-refractivity contribution is 0.0951. The summed E-state index contributed by atoms with van der Waals surface area (Å²) in [6, 6.07) is 2.33. The summed E-state index contributed by atoms with van der Waals surface area (Å²) < 4.78 is 13.4. The fraction of sp³-hybridized carbons (Fsp3) is 0.533. The van der Waals surface area contributed by atoms with E-state index in [9.17, 15) is 9.18 Å². The number of benzene rings is 1. The number of rotatable bonds is 5. The van der Waals surface area contributed by atoms with Crippen LogP contribution in [-0.2, 0) is 0 Å². The van der Waals surface area contributed by atoms with E-state index in [0.29, 0.717) is 6.54 Å². The van der Waals surface area contributed by atoms with E-state index >= 15 is 0 Å². The molecule has 1 amide bonds. The van der Waals surface area contributed by atoms with Crippen molar-refractivity contribution in [2.45, 2.75) is 25.7 Å². The Morgan fingerprint density at radius 2 is 1.90 bits per heavy atom. The third kappa shape index (κ3) is 4.83. The molecule has 0 aromatic heterocycles. The van der Waals surface area contributed by atoms with Crippen LogP contribution in [-0.4, -0.2) is 37.0 Å². The molecule has 21 heavy (non-hydrogen) atoms. The minimum atomic E-state index is -0.639. The number of nitrogens with zero attached hydrogens (tertiary/aromatic N) is 1. The number of carbonyl (C=O) groups excluding carboxylic acids is 1. The molecule has 1 aliphatic rings. The minimum absolute atomic E-state index is 0.0818. The van der Waals surface area contributed by atoms with E-state index < -0.39 is 5.82 Å². The molecule has 0 unspecified atom stereocenters. The zero-order chi connectivity index (χ0) is 15.2. The number of hydrogen-bond donors (Lipinski definition) is 1. The number of likely N-dealkylation sites (tertiary alicyclic amines) is 1. The summed E-state index contributed by atoms with van der Waals surface area (Å²) in [6.45, 7) is 3.81.